The van der Waals surface area contributed by atoms with Crippen LogP contribution in [0.3, 0.4) is 0 Å². The molecule has 5 nitrogen and oxygen atoms in total. The monoisotopic (exact) mass is 267 g/mol. The number of nitrogens with zero attached hydrogens (tertiary/aromatic N) is 1. The molecule has 1 aromatic carbocycles. The Morgan fingerprint density at radius 3 is 2.42 bits per heavy atom. The summed E-state index contributed by atoms with van der Waals surface area (Å²) in [6.07, 6.45) is -0.460. The van der Waals surface area contributed by atoms with Gasteiger partial charge in [-0.3, -0.25) is 0 Å². The predicted octanol–water partition coefficient (Wildman–Crippen LogP) is 1.74. The van der Waals surface area contributed by atoms with E-state index in [-0.39, 0.29) is 13.2 Å². The first-order valence-electron chi connectivity index (χ1n) is 6.23. The van der Waals surface area contributed by atoms with E-state index in [9.17, 15) is 4.79 Å². The number of hydrogen-bond donors (Lipinski definition) is 1. The van der Waals surface area contributed by atoms with Crippen LogP contribution < -0.4 is 4.74 Å². The van der Waals surface area contributed by atoms with Gasteiger partial charge in [-0.1, -0.05) is 6.07 Å². The lowest BCUT2D eigenvalue weighted by Crippen LogP contribution is -2.32. The fraction of sp³-hybridized carbons (Fsp3) is 0.500. The largest absolute Gasteiger partial charge is 0.492 e. The molecule has 0 radical (unpaired) electrons. The number of rotatable bonds is 6. The van der Waals surface area contributed by atoms with Crippen molar-refractivity contribution in [2.24, 2.45) is 0 Å². The highest BCUT2D eigenvalue weighted by molar-refractivity contribution is 5.67. The van der Waals surface area contributed by atoms with Crippen LogP contribution in [0.4, 0.5) is 4.79 Å². The number of carbonyl (C=O) groups is 1. The fourth-order valence-electron chi connectivity index (χ4n) is 1.65. The number of aliphatic hydroxyl groups excluding tert-OH is 1. The Bertz CT molecular complexity index is 400. The van der Waals surface area contributed by atoms with E-state index in [2.05, 4.69) is 6.07 Å². The van der Waals surface area contributed by atoms with Gasteiger partial charge in [0.25, 0.3) is 0 Å². The molecule has 0 unspecified atom stereocenters. The van der Waals surface area contributed by atoms with Crippen LogP contribution in [0.15, 0.2) is 18.2 Å². The smallest absolute Gasteiger partial charge is 0.409 e. The van der Waals surface area contributed by atoms with Crippen molar-refractivity contribution in [3.8, 4) is 5.75 Å². The average molecular weight is 267 g/mol. The van der Waals surface area contributed by atoms with E-state index in [0.717, 1.165) is 16.9 Å². The van der Waals surface area contributed by atoms with Crippen LogP contribution in [0.2, 0.25) is 0 Å². The molecule has 1 amide bonds. The van der Waals surface area contributed by atoms with Crippen molar-refractivity contribution < 1.29 is 19.4 Å². The van der Waals surface area contributed by atoms with Crippen molar-refractivity contribution in [3.63, 3.8) is 0 Å². The third kappa shape index (κ3) is 5.61. The zero-order chi connectivity index (χ0) is 14.3. The van der Waals surface area contributed by atoms with E-state index in [1.54, 1.807) is 7.05 Å². The number of amides is 1. The molecule has 1 aromatic rings. The van der Waals surface area contributed by atoms with Crippen molar-refractivity contribution in [1.82, 2.24) is 4.90 Å². The summed E-state index contributed by atoms with van der Waals surface area (Å²) in [5.41, 5.74) is 2.29. The molecule has 0 aliphatic heterocycles. The molecule has 0 saturated carbocycles. The summed E-state index contributed by atoms with van der Waals surface area (Å²) in [5.74, 6) is 0.801. The van der Waals surface area contributed by atoms with Gasteiger partial charge in [-0.2, -0.15) is 0 Å². The predicted molar refractivity (Wildman–Crippen MR) is 72.5 cm³/mol. The molecule has 0 heterocycles. The van der Waals surface area contributed by atoms with E-state index in [4.69, 9.17) is 14.6 Å². The highest BCUT2D eigenvalue weighted by Crippen LogP contribution is 2.15. The number of ether oxygens (including phenoxy) is 2. The van der Waals surface area contributed by atoms with E-state index >= 15 is 0 Å². The van der Waals surface area contributed by atoms with E-state index < -0.39 is 6.09 Å². The Labute approximate surface area is 113 Å². The summed E-state index contributed by atoms with van der Waals surface area (Å²) in [6, 6.07) is 5.99. The van der Waals surface area contributed by atoms with Crippen LogP contribution in [-0.2, 0) is 4.74 Å². The van der Waals surface area contributed by atoms with Crippen molar-refractivity contribution in [1.29, 1.82) is 0 Å². The lowest BCUT2D eigenvalue weighted by Gasteiger charge is -2.17. The van der Waals surface area contributed by atoms with Crippen LogP contribution in [0.5, 0.6) is 5.75 Å². The van der Waals surface area contributed by atoms with Crippen LogP contribution >= 0.6 is 0 Å². The molecule has 0 bridgehead atoms. The van der Waals surface area contributed by atoms with Gasteiger partial charge in [0.1, 0.15) is 19.0 Å². The first-order valence-corrected chi connectivity index (χ1v) is 6.23. The average Bonchev–Trinajstić information content (AvgIpc) is 2.34. The first-order chi connectivity index (χ1) is 9.02. The Morgan fingerprint density at radius 2 is 1.84 bits per heavy atom. The fourth-order valence-corrected chi connectivity index (χ4v) is 1.65. The number of aliphatic hydroxyl groups is 1. The first kappa shape index (κ1) is 15.3. The van der Waals surface area contributed by atoms with Gasteiger partial charge in [-0.05, 0) is 37.1 Å². The highest BCUT2D eigenvalue weighted by Gasteiger charge is 2.09. The number of carbonyl (C=O) groups excluding carboxylic acids is 1. The number of benzene rings is 1. The number of hydrogen-bond acceptors (Lipinski definition) is 4. The molecule has 0 spiro atoms. The number of aryl methyl sites for hydroxylation is 2. The van der Waals surface area contributed by atoms with E-state index in [0.29, 0.717) is 13.2 Å². The SMILES string of the molecule is Cc1cc(C)cc(OCCN(C)C(=O)OCCO)c1. The van der Waals surface area contributed by atoms with Gasteiger partial charge < -0.3 is 19.5 Å². The molecular weight excluding hydrogens is 246 g/mol. The summed E-state index contributed by atoms with van der Waals surface area (Å²) in [7, 11) is 1.63. The van der Waals surface area contributed by atoms with E-state index in [1.807, 2.05) is 26.0 Å². The summed E-state index contributed by atoms with van der Waals surface area (Å²) in [5, 5.41) is 8.55. The lowest BCUT2D eigenvalue weighted by atomic mass is 10.1. The van der Waals surface area contributed by atoms with Crippen LogP contribution in [0.25, 0.3) is 0 Å². The molecule has 106 valence electrons. The van der Waals surface area contributed by atoms with Crippen molar-refractivity contribution >= 4 is 6.09 Å². The molecule has 0 aromatic heterocycles. The zero-order valence-electron chi connectivity index (χ0n) is 11.7. The molecular formula is C14H21NO4. The van der Waals surface area contributed by atoms with Crippen molar-refractivity contribution in [2.75, 3.05) is 33.4 Å². The minimum atomic E-state index is -0.460. The Balaban J connectivity index is 2.35. The highest BCUT2D eigenvalue weighted by atomic mass is 16.6. The maximum absolute atomic E-state index is 11.4. The second kappa shape index (κ2) is 7.63. The molecule has 0 fully saturated rings. The molecule has 5 heteroatoms. The van der Waals surface area contributed by atoms with Crippen molar-refractivity contribution in [3.05, 3.63) is 29.3 Å². The van der Waals surface area contributed by atoms with Crippen LogP contribution in [-0.4, -0.2) is 49.5 Å². The van der Waals surface area contributed by atoms with Crippen LogP contribution in [0, 0.1) is 13.8 Å². The summed E-state index contributed by atoms with van der Waals surface area (Å²) in [6.45, 7) is 4.70. The Morgan fingerprint density at radius 1 is 1.21 bits per heavy atom. The third-order valence-corrected chi connectivity index (χ3v) is 2.52. The lowest BCUT2D eigenvalue weighted by molar-refractivity contribution is 0.0871. The van der Waals surface area contributed by atoms with Gasteiger partial charge in [0.05, 0.1) is 13.2 Å². The van der Waals surface area contributed by atoms with Crippen molar-refractivity contribution in [2.45, 2.75) is 13.8 Å². The normalized spacial score (nSPS) is 10.1. The molecule has 1 N–H and O–H groups in total. The molecule has 0 saturated heterocycles. The third-order valence-electron chi connectivity index (χ3n) is 2.52. The summed E-state index contributed by atoms with van der Waals surface area (Å²) >= 11 is 0. The quantitative estimate of drug-likeness (QED) is 0.853. The summed E-state index contributed by atoms with van der Waals surface area (Å²) < 4.78 is 10.4. The van der Waals surface area contributed by atoms with Gasteiger partial charge >= 0.3 is 6.09 Å². The van der Waals surface area contributed by atoms with Gasteiger partial charge in [-0.15, -0.1) is 0 Å². The topological polar surface area (TPSA) is 59.0 Å². The second-order valence-corrected chi connectivity index (χ2v) is 4.43. The van der Waals surface area contributed by atoms with Gasteiger partial charge in [0, 0.05) is 7.05 Å². The zero-order valence-corrected chi connectivity index (χ0v) is 11.7. The minimum absolute atomic E-state index is 0.0150. The standard InChI is InChI=1S/C14H21NO4/c1-11-8-12(2)10-13(9-11)18-6-4-15(3)14(17)19-7-5-16/h8-10,16H,4-7H2,1-3H3. The van der Waals surface area contributed by atoms with Gasteiger partial charge in [0.2, 0.25) is 0 Å². The number of likely N-dealkylation sites (N-methyl/N-ethyl adjacent to an activating group) is 1. The van der Waals surface area contributed by atoms with E-state index in [1.165, 1.54) is 4.90 Å². The maximum Gasteiger partial charge on any atom is 0.409 e. The second-order valence-electron chi connectivity index (χ2n) is 4.43. The maximum atomic E-state index is 11.4. The molecule has 19 heavy (non-hydrogen) atoms. The van der Waals surface area contributed by atoms with Gasteiger partial charge in [0.15, 0.2) is 0 Å². The molecule has 0 aliphatic rings. The Hall–Kier alpha value is -1.75. The minimum Gasteiger partial charge on any atom is -0.492 e. The van der Waals surface area contributed by atoms with Crippen LogP contribution in [0.1, 0.15) is 11.1 Å². The summed E-state index contributed by atoms with van der Waals surface area (Å²) in [4.78, 5) is 12.8. The molecule has 1 rings (SSSR count). The Kier molecular flexibility index (Phi) is 6.15. The molecule has 0 atom stereocenters. The van der Waals surface area contributed by atoms with Gasteiger partial charge in [-0.25, -0.2) is 4.79 Å². The molecule has 0 aliphatic carbocycles.